The molecule has 0 aliphatic carbocycles. The molecule has 6 heteroatoms. The van der Waals surface area contributed by atoms with E-state index in [4.69, 9.17) is 0 Å². The minimum atomic E-state index is -0.471. The Morgan fingerprint density at radius 1 is 1.12 bits per heavy atom. The van der Waals surface area contributed by atoms with Gasteiger partial charge in [0.15, 0.2) is 5.96 Å². The molecule has 1 aromatic rings. The lowest BCUT2D eigenvalue weighted by molar-refractivity contribution is 0.187. The Labute approximate surface area is 145 Å². The number of amides is 1. The van der Waals surface area contributed by atoms with Crippen LogP contribution >= 0.6 is 0 Å². The number of hydrogen-bond acceptors (Lipinski definition) is 3. The zero-order chi connectivity index (χ0) is 17.8. The summed E-state index contributed by atoms with van der Waals surface area (Å²) < 4.78 is 4.57. The van der Waals surface area contributed by atoms with Gasteiger partial charge < -0.3 is 15.4 Å². The van der Waals surface area contributed by atoms with Gasteiger partial charge in [-0.05, 0) is 30.5 Å². The number of aliphatic imine (C=N–C) groups is 1. The molecule has 0 saturated carbocycles. The van der Waals surface area contributed by atoms with Gasteiger partial charge in [0.1, 0.15) is 0 Å². The molecule has 0 aromatic heterocycles. The molecule has 0 unspecified atom stereocenters. The maximum Gasteiger partial charge on any atom is 0.411 e. The Hall–Kier alpha value is -2.24. The SMILES string of the molecule is CCNC(=NCc1ccc(NC(=O)OC)cc1)NCC(CC)CC. The summed E-state index contributed by atoms with van der Waals surface area (Å²) in [4.78, 5) is 15.8. The summed E-state index contributed by atoms with van der Waals surface area (Å²) in [6.45, 7) is 8.82. The second-order valence-corrected chi connectivity index (χ2v) is 5.57. The molecule has 0 atom stereocenters. The largest absolute Gasteiger partial charge is 0.453 e. The quantitative estimate of drug-likeness (QED) is 0.503. The van der Waals surface area contributed by atoms with Crippen molar-refractivity contribution in [3.8, 4) is 0 Å². The van der Waals surface area contributed by atoms with Crippen LogP contribution in [0.4, 0.5) is 10.5 Å². The summed E-state index contributed by atoms with van der Waals surface area (Å²) >= 11 is 0. The maximum atomic E-state index is 11.2. The van der Waals surface area contributed by atoms with E-state index < -0.39 is 6.09 Å². The highest BCUT2D eigenvalue weighted by Gasteiger charge is 2.05. The van der Waals surface area contributed by atoms with Gasteiger partial charge in [0.25, 0.3) is 0 Å². The van der Waals surface area contributed by atoms with Crippen molar-refractivity contribution in [3.05, 3.63) is 29.8 Å². The fraction of sp³-hybridized carbons (Fsp3) is 0.556. The lowest BCUT2D eigenvalue weighted by Crippen LogP contribution is -2.39. The van der Waals surface area contributed by atoms with Gasteiger partial charge in [-0.15, -0.1) is 0 Å². The first-order valence-electron chi connectivity index (χ1n) is 8.58. The summed E-state index contributed by atoms with van der Waals surface area (Å²) in [5.41, 5.74) is 1.78. The third-order valence-electron chi connectivity index (χ3n) is 3.86. The second kappa shape index (κ2) is 11.3. The van der Waals surface area contributed by atoms with E-state index in [0.29, 0.717) is 18.2 Å². The molecular weight excluding hydrogens is 304 g/mol. The first-order chi connectivity index (χ1) is 11.6. The number of nitrogens with one attached hydrogen (secondary N) is 3. The van der Waals surface area contributed by atoms with E-state index in [0.717, 1.165) is 37.5 Å². The van der Waals surface area contributed by atoms with Crippen LogP contribution in [0.1, 0.15) is 39.2 Å². The average molecular weight is 334 g/mol. The molecule has 0 heterocycles. The van der Waals surface area contributed by atoms with E-state index >= 15 is 0 Å². The Kier molecular flexibility index (Phi) is 9.34. The molecule has 0 aliphatic heterocycles. The molecule has 1 amide bonds. The predicted molar refractivity (Wildman–Crippen MR) is 99.4 cm³/mol. The van der Waals surface area contributed by atoms with Crippen molar-refractivity contribution < 1.29 is 9.53 Å². The minimum absolute atomic E-state index is 0.471. The van der Waals surface area contributed by atoms with E-state index in [2.05, 4.69) is 46.5 Å². The highest BCUT2D eigenvalue weighted by molar-refractivity contribution is 5.84. The van der Waals surface area contributed by atoms with Crippen LogP contribution in [0.5, 0.6) is 0 Å². The number of anilines is 1. The fourth-order valence-electron chi connectivity index (χ4n) is 2.19. The monoisotopic (exact) mass is 334 g/mol. The van der Waals surface area contributed by atoms with Crippen LogP contribution in [0.25, 0.3) is 0 Å². The zero-order valence-electron chi connectivity index (χ0n) is 15.2. The standard InChI is InChI=1S/C18H30N4O2/c1-5-14(6-2)12-20-17(19-7-3)21-13-15-8-10-16(11-9-15)22-18(23)24-4/h8-11,14H,5-7,12-13H2,1-4H3,(H,22,23)(H2,19,20,21). The number of methoxy groups -OCH3 is 1. The number of guanidine groups is 1. The molecule has 134 valence electrons. The molecule has 0 spiro atoms. The van der Waals surface area contributed by atoms with Gasteiger partial charge >= 0.3 is 6.09 Å². The maximum absolute atomic E-state index is 11.2. The van der Waals surface area contributed by atoms with Crippen LogP contribution in [-0.2, 0) is 11.3 Å². The van der Waals surface area contributed by atoms with Crippen LogP contribution in [-0.4, -0.2) is 32.3 Å². The Morgan fingerprint density at radius 2 is 1.79 bits per heavy atom. The molecule has 0 fully saturated rings. The number of rotatable bonds is 8. The summed E-state index contributed by atoms with van der Waals surface area (Å²) in [5.74, 6) is 1.50. The second-order valence-electron chi connectivity index (χ2n) is 5.57. The molecular formula is C18H30N4O2. The molecule has 0 aliphatic rings. The van der Waals surface area contributed by atoms with Crippen molar-refractivity contribution in [1.82, 2.24) is 10.6 Å². The number of nitrogens with zero attached hydrogens (tertiary/aromatic N) is 1. The average Bonchev–Trinajstić information content (AvgIpc) is 2.61. The summed E-state index contributed by atoms with van der Waals surface area (Å²) in [6, 6.07) is 7.57. The number of carbonyl (C=O) groups excluding carboxylic acids is 1. The predicted octanol–water partition coefficient (Wildman–Crippen LogP) is 3.36. The third kappa shape index (κ3) is 7.35. The van der Waals surface area contributed by atoms with E-state index in [1.54, 1.807) is 0 Å². The smallest absolute Gasteiger partial charge is 0.411 e. The van der Waals surface area contributed by atoms with Gasteiger partial charge in [-0.25, -0.2) is 9.79 Å². The van der Waals surface area contributed by atoms with Crippen molar-refractivity contribution >= 4 is 17.7 Å². The minimum Gasteiger partial charge on any atom is -0.453 e. The van der Waals surface area contributed by atoms with Gasteiger partial charge in [-0.3, -0.25) is 5.32 Å². The van der Waals surface area contributed by atoms with Gasteiger partial charge in [-0.1, -0.05) is 38.8 Å². The number of carbonyl (C=O) groups is 1. The molecule has 1 rings (SSSR count). The van der Waals surface area contributed by atoms with Gasteiger partial charge in [0, 0.05) is 18.8 Å². The molecule has 1 aromatic carbocycles. The van der Waals surface area contributed by atoms with Crippen LogP contribution in [0.3, 0.4) is 0 Å². The zero-order valence-corrected chi connectivity index (χ0v) is 15.2. The Balaban J connectivity index is 2.60. The lowest BCUT2D eigenvalue weighted by Gasteiger charge is -2.16. The first-order valence-corrected chi connectivity index (χ1v) is 8.58. The topological polar surface area (TPSA) is 74.8 Å². The van der Waals surface area contributed by atoms with Crippen LogP contribution in [0.2, 0.25) is 0 Å². The first kappa shape index (κ1) is 19.8. The summed E-state index contributed by atoms with van der Waals surface area (Å²) in [6.07, 6.45) is 1.86. The van der Waals surface area contributed by atoms with Crippen LogP contribution in [0, 0.1) is 5.92 Å². The Bertz CT molecular complexity index is 510. The highest BCUT2D eigenvalue weighted by atomic mass is 16.5. The van der Waals surface area contributed by atoms with E-state index in [-0.39, 0.29) is 0 Å². The van der Waals surface area contributed by atoms with Crippen molar-refractivity contribution in [2.75, 3.05) is 25.5 Å². The number of ether oxygens (including phenoxy) is 1. The van der Waals surface area contributed by atoms with Gasteiger partial charge in [0.2, 0.25) is 0 Å². The van der Waals surface area contributed by atoms with Crippen molar-refractivity contribution in [3.63, 3.8) is 0 Å². The van der Waals surface area contributed by atoms with Crippen molar-refractivity contribution in [2.45, 2.75) is 40.2 Å². The number of benzene rings is 1. The molecule has 0 bridgehead atoms. The summed E-state index contributed by atoms with van der Waals surface area (Å²) in [7, 11) is 1.34. The third-order valence-corrected chi connectivity index (χ3v) is 3.86. The lowest BCUT2D eigenvalue weighted by atomic mass is 10.0. The van der Waals surface area contributed by atoms with E-state index in [9.17, 15) is 4.79 Å². The Morgan fingerprint density at radius 3 is 2.33 bits per heavy atom. The van der Waals surface area contributed by atoms with Crippen molar-refractivity contribution in [2.24, 2.45) is 10.9 Å². The highest BCUT2D eigenvalue weighted by Crippen LogP contribution is 2.11. The van der Waals surface area contributed by atoms with Crippen LogP contribution < -0.4 is 16.0 Å². The number of hydrogen-bond donors (Lipinski definition) is 3. The molecule has 0 saturated heterocycles. The molecule has 3 N–H and O–H groups in total. The van der Waals surface area contributed by atoms with Crippen LogP contribution in [0.15, 0.2) is 29.3 Å². The van der Waals surface area contributed by atoms with E-state index in [1.165, 1.54) is 7.11 Å². The van der Waals surface area contributed by atoms with Crippen molar-refractivity contribution in [1.29, 1.82) is 0 Å². The molecule has 0 radical (unpaired) electrons. The van der Waals surface area contributed by atoms with Gasteiger partial charge in [-0.2, -0.15) is 0 Å². The molecule has 24 heavy (non-hydrogen) atoms. The fourth-order valence-corrected chi connectivity index (χ4v) is 2.19. The normalized spacial score (nSPS) is 11.3. The van der Waals surface area contributed by atoms with E-state index in [1.807, 2.05) is 24.3 Å². The summed E-state index contributed by atoms with van der Waals surface area (Å²) in [5, 5.41) is 9.30. The molecule has 6 nitrogen and oxygen atoms in total. The van der Waals surface area contributed by atoms with Gasteiger partial charge in [0.05, 0.1) is 13.7 Å².